The summed E-state index contributed by atoms with van der Waals surface area (Å²) in [6.45, 7) is 2.79. The molecular formula is C23H22N2O4S. The Morgan fingerprint density at radius 3 is 2.70 bits per heavy atom. The first-order valence-electron chi connectivity index (χ1n) is 9.71. The van der Waals surface area contributed by atoms with Gasteiger partial charge in [0.05, 0.1) is 12.0 Å². The quantitative estimate of drug-likeness (QED) is 0.704. The van der Waals surface area contributed by atoms with Crippen LogP contribution < -0.4 is 4.74 Å². The van der Waals surface area contributed by atoms with E-state index in [0.29, 0.717) is 23.7 Å². The Kier molecular flexibility index (Phi) is 5.63. The molecule has 7 heteroatoms. The summed E-state index contributed by atoms with van der Waals surface area (Å²) in [6.07, 6.45) is 2.44. The fraction of sp³-hybridized carbons (Fsp3) is 0.261. The number of fused-ring (bicyclic) bond motifs is 1. The van der Waals surface area contributed by atoms with Gasteiger partial charge in [-0.15, -0.1) is 0 Å². The molecule has 2 heterocycles. The molecule has 0 bridgehead atoms. The molecule has 2 aliphatic rings. The molecule has 154 valence electrons. The summed E-state index contributed by atoms with van der Waals surface area (Å²) >= 11 is 0.858. The van der Waals surface area contributed by atoms with E-state index in [9.17, 15) is 14.4 Å². The van der Waals surface area contributed by atoms with Crippen LogP contribution in [0.15, 0.2) is 47.4 Å². The molecule has 2 aliphatic heterocycles. The van der Waals surface area contributed by atoms with Gasteiger partial charge in [-0.1, -0.05) is 36.4 Å². The van der Waals surface area contributed by atoms with Gasteiger partial charge < -0.3 is 9.64 Å². The molecule has 0 N–H and O–H groups in total. The van der Waals surface area contributed by atoms with Crippen LogP contribution in [0, 0.1) is 6.92 Å². The van der Waals surface area contributed by atoms with Crippen molar-refractivity contribution >= 4 is 34.9 Å². The number of carbonyl (C=O) groups is 3. The van der Waals surface area contributed by atoms with Gasteiger partial charge in [0.2, 0.25) is 5.91 Å². The number of carbonyl (C=O) groups excluding carboxylic acids is 3. The van der Waals surface area contributed by atoms with Gasteiger partial charge in [0.15, 0.2) is 0 Å². The van der Waals surface area contributed by atoms with E-state index in [-0.39, 0.29) is 12.5 Å². The average Bonchev–Trinajstić information content (AvgIpc) is 3.02. The molecule has 1 fully saturated rings. The number of methoxy groups -OCH3 is 1. The minimum atomic E-state index is -0.435. The molecule has 1 saturated heterocycles. The SMILES string of the molecule is COc1cc(/C=C2/SC(=O)N(CC(=O)N3CCc4ccccc4C3)C2=O)ccc1C. The first-order chi connectivity index (χ1) is 14.5. The zero-order chi connectivity index (χ0) is 21.3. The third-order valence-corrected chi connectivity index (χ3v) is 6.29. The number of benzene rings is 2. The minimum absolute atomic E-state index is 0.218. The Bertz CT molecular complexity index is 1060. The summed E-state index contributed by atoms with van der Waals surface area (Å²) in [7, 11) is 1.59. The van der Waals surface area contributed by atoms with Gasteiger partial charge in [0, 0.05) is 13.1 Å². The Balaban J connectivity index is 1.46. The summed E-state index contributed by atoms with van der Waals surface area (Å²) in [6, 6.07) is 13.6. The van der Waals surface area contributed by atoms with Crippen molar-refractivity contribution < 1.29 is 19.1 Å². The van der Waals surface area contributed by atoms with E-state index in [1.165, 1.54) is 5.56 Å². The standard InChI is InChI=1S/C23H22N2O4S/c1-15-7-8-16(11-19(15)29-2)12-20-22(27)25(23(28)30-20)14-21(26)24-10-9-17-5-3-4-6-18(17)13-24/h3-8,11-12H,9-10,13-14H2,1-2H3/b20-12+. The van der Waals surface area contributed by atoms with Gasteiger partial charge >= 0.3 is 0 Å². The largest absolute Gasteiger partial charge is 0.496 e. The molecule has 2 aromatic carbocycles. The van der Waals surface area contributed by atoms with Crippen molar-refractivity contribution in [1.82, 2.24) is 9.80 Å². The number of nitrogens with zero attached hydrogens (tertiary/aromatic N) is 2. The zero-order valence-corrected chi connectivity index (χ0v) is 17.7. The second kappa shape index (κ2) is 8.36. The number of amides is 3. The second-order valence-electron chi connectivity index (χ2n) is 7.33. The van der Waals surface area contributed by atoms with Crippen LogP contribution in [0.25, 0.3) is 6.08 Å². The van der Waals surface area contributed by atoms with Crippen molar-refractivity contribution in [3.63, 3.8) is 0 Å². The topological polar surface area (TPSA) is 66.9 Å². The summed E-state index contributed by atoms with van der Waals surface area (Å²) in [5.74, 6) is 0.0592. The highest BCUT2D eigenvalue weighted by molar-refractivity contribution is 8.18. The van der Waals surface area contributed by atoms with E-state index in [1.54, 1.807) is 18.1 Å². The second-order valence-corrected chi connectivity index (χ2v) is 8.32. The Morgan fingerprint density at radius 1 is 1.17 bits per heavy atom. The van der Waals surface area contributed by atoms with Crippen LogP contribution in [0.4, 0.5) is 4.79 Å². The summed E-state index contributed by atoms with van der Waals surface area (Å²) in [5, 5.41) is -0.420. The molecule has 4 rings (SSSR count). The lowest BCUT2D eigenvalue weighted by Gasteiger charge is -2.29. The predicted octanol–water partition coefficient (Wildman–Crippen LogP) is 3.62. The monoisotopic (exact) mass is 422 g/mol. The first-order valence-corrected chi connectivity index (χ1v) is 10.5. The van der Waals surface area contributed by atoms with Crippen molar-refractivity contribution in [2.75, 3.05) is 20.2 Å². The Hall–Kier alpha value is -3.06. The highest BCUT2D eigenvalue weighted by atomic mass is 32.2. The minimum Gasteiger partial charge on any atom is -0.496 e. The van der Waals surface area contributed by atoms with Crippen LogP contribution in [0.3, 0.4) is 0 Å². The number of ether oxygens (including phenoxy) is 1. The fourth-order valence-corrected chi connectivity index (χ4v) is 4.50. The van der Waals surface area contributed by atoms with Crippen LogP contribution in [0.2, 0.25) is 0 Å². The fourth-order valence-electron chi connectivity index (χ4n) is 3.66. The molecule has 0 saturated carbocycles. The maximum Gasteiger partial charge on any atom is 0.294 e. The molecule has 0 aliphatic carbocycles. The molecule has 0 aromatic heterocycles. The smallest absolute Gasteiger partial charge is 0.294 e. The predicted molar refractivity (Wildman–Crippen MR) is 116 cm³/mol. The lowest BCUT2D eigenvalue weighted by atomic mass is 10.00. The van der Waals surface area contributed by atoms with Crippen LogP contribution >= 0.6 is 11.8 Å². The highest BCUT2D eigenvalue weighted by Crippen LogP contribution is 2.33. The average molecular weight is 423 g/mol. The first kappa shape index (κ1) is 20.2. The van der Waals surface area contributed by atoms with E-state index >= 15 is 0 Å². The van der Waals surface area contributed by atoms with Gasteiger partial charge in [-0.05, 0) is 59.5 Å². The normalized spacial score (nSPS) is 17.5. The van der Waals surface area contributed by atoms with Crippen LogP contribution in [0.5, 0.6) is 5.75 Å². The molecule has 0 atom stereocenters. The van der Waals surface area contributed by atoms with Crippen molar-refractivity contribution in [1.29, 1.82) is 0 Å². The number of hydrogen-bond acceptors (Lipinski definition) is 5. The third-order valence-electron chi connectivity index (χ3n) is 5.38. The molecule has 3 amide bonds. The molecule has 6 nitrogen and oxygen atoms in total. The van der Waals surface area contributed by atoms with Crippen LogP contribution in [-0.2, 0) is 22.6 Å². The van der Waals surface area contributed by atoms with E-state index in [2.05, 4.69) is 6.07 Å². The van der Waals surface area contributed by atoms with E-state index in [1.807, 2.05) is 43.3 Å². The number of rotatable bonds is 4. The number of hydrogen-bond donors (Lipinski definition) is 0. The van der Waals surface area contributed by atoms with Crippen molar-refractivity contribution in [3.8, 4) is 5.75 Å². The van der Waals surface area contributed by atoms with E-state index in [0.717, 1.165) is 39.8 Å². The van der Waals surface area contributed by atoms with Crippen molar-refractivity contribution in [3.05, 3.63) is 69.6 Å². The van der Waals surface area contributed by atoms with Gasteiger partial charge in [-0.3, -0.25) is 19.3 Å². The van der Waals surface area contributed by atoms with Crippen LogP contribution in [-0.4, -0.2) is 47.1 Å². The highest BCUT2D eigenvalue weighted by Gasteiger charge is 2.37. The number of thioether (sulfide) groups is 1. The molecule has 0 radical (unpaired) electrons. The lowest BCUT2D eigenvalue weighted by molar-refractivity contribution is -0.136. The summed E-state index contributed by atoms with van der Waals surface area (Å²) in [4.78, 5) is 41.0. The van der Waals surface area contributed by atoms with E-state index < -0.39 is 11.1 Å². The third kappa shape index (κ3) is 3.98. The molecule has 0 spiro atoms. The number of aryl methyl sites for hydroxylation is 1. The van der Waals surface area contributed by atoms with Crippen LogP contribution in [0.1, 0.15) is 22.3 Å². The maximum atomic E-state index is 12.8. The van der Waals surface area contributed by atoms with Gasteiger partial charge in [0.1, 0.15) is 12.3 Å². The summed E-state index contributed by atoms with van der Waals surface area (Å²) in [5.41, 5.74) is 4.10. The van der Waals surface area contributed by atoms with Crippen molar-refractivity contribution in [2.45, 2.75) is 19.9 Å². The Labute approximate surface area is 179 Å². The van der Waals surface area contributed by atoms with Gasteiger partial charge in [-0.25, -0.2) is 0 Å². The van der Waals surface area contributed by atoms with Gasteiger partial charge in [-0.2, -0.15) is 0 Å². The van der Waals surface area contributed by atoms with E-state index in [4.69, 9.17) is 4.74 Å². The van der Waals surface area contributed by atoms with Gasteiger partial charge in [0.25, 0.3) is 11.1 Å². The lowest BCUT2D eigenvalue weighted by Crippen LogP contribution is -2.44. The molecular weight excluding hydrogens is 400 g/mol. The summed E-state index contributed by atoms with van der Waals surface area (Å²) < 4.78 is 5.32. The molecule has 2 aromatic rings. The maximum absolute atomic E-state index is 12.8. The molecule has 30 heavy (non-hydrogen) atoms. The molecule has 0 unspecified atom stereocenters. The number of imide groups is 1. The zero-order valence-electron chi connectivity index (χ0n) is 16.9. The Morgan fingerprint density at radius 2 is 1.93 bits per heavy atom. The van der Waals surface area contributed by atoms with Crippen molar-refractivity contribution in [2.24, 2.45) is 0 Å².